The molecule has 1 aromatic rings. The van der Waals surface area contributed by atoms with Gasteiger partial charge in [-0.3, -0.25) is 4.90 Å². The van der Waals surface area contributed by atoms with Crippen molar-refractivity contribution in [1.29, 1.82) is 0 Å². The lowest BCUT2D eigenvalue weighted by Gasteiger charge is -2.30. The molecular formula is C18H29NO2. The van der Waals surface area contributed by atoms with E-state index < -0.39 is 6.10 Å². The van der Waals surface area contributed by atoms with Crippen LogP contribution in [0.4, 0.5) is 0 Å². The van der Waals surface area contributed by atoms with Crippen molar-refractivity contribution in [3.05, 3.63) is 48.0 Å². The number of benzene rings is 1. The van der Waals surface area contributed by atoms with Crippen LogP contribution in [0.15, 0.2) is 36.9 Å². The molecule has 0 bridgehead atoms. The smallest absolute Gasteiger partial charge is 0.0900 e. The zero-order chi connectivity index (χ0) is 15.7. The molecule has 0 aromatic heterocycles. The summed E-state index contributed by atoms with van der Waals surface area (Å²) in [4.78, 5) is 2.32. The minimum Gasteiger partial charge on any atom is -0.389 e. The van der Waals surface area contributed by atoms with E-state index in [4.69, 9.17) is 4.74 Å². The molecule has 0 spiro atoms. The van der Waals surface area contributed by atoms with Gasteiger partial charge in [0.15, 0.2) is 0 Å². The highest BCUT2D eigenvalue weighted by Gasteiger charge is 2.17. The van der Waals surface area contributed by atoms with E-state index in [1.54, 1.807) is 6.08 Å². The number of nitrogens with zero attached hydrogens (tertiary/aromatic N) is 1. The Labute approximate surface area is 129 Å². The number of aryl methyl sites for hydroxylation is 1. The Morgan fingerprint density at radius 2 is 2.19 bits per heavy atom. The number of hydrogen-bond acceptors (Lipinski definition) is 3. The van der Waals surface area contributed by atoms with Gasteiger partial charge < -0.3 is 9.84 Å². The van der Waals surface area contributed by atoms with Gasteiger partial charge in [-0.15, -0.1) is 6.58 Å². The van der Waals surface area contributed by atoms with Crippen molar-refractivity contribution in [3.8, 4) is 0 Å². The van der Waals surface area contributed by atoms with Crippen LogP contribution in [0, 0.1) is 6.92 Å². The van der Waals surface area contributed by atoms with Crippen LogP contribution in [0.3, 0.4) is 0 Å². The fraction of sp³-hybridized carbons (Fsp3) is 0.556. The van der Waals surface area contributed by atoms with Crippen LogP contribution < -0.4 is 0 Å². The predicted molar refractivity (Wildman–Crippen MR) is 88.4 cm³/mol. The Morgan fingerprint density at radius 3 is 2.81 bits per heavy atom. The summed E-state index contributed by atoms with van der Waals surface area (Å²) in [5, 5.41) is 10.1. The largest absolute Gasteiger partial charge is 0.389 e. The Bertz CT molecular complexity index is 419. The van der Waals surface area contributed by atoms with Crippen LogP contribution in [0.25, 0.3) is 0 Å². The summed E-state index contributed by atoms with van der Waals surface area (Å²) in [5.41, 5.74) is 2.56. The Balaban J connectivity index is 2.61. The van der Waals surface area contributed by atoms with E-state index in [9.17, 15) is 5.11 Å². The molecule has 1 rings (SSSR count). The highest BCUT2D eigenvalue weighted by Crippen LogP contribution is 2.13. The normalized spacial score (nSPS) is 14.1. The van der Waals surface area contributed by atoms with Crippen LogP contribution in [-0.4, -0.2) is 41.9 Å². The number of aliphatic hydroxyl groups excluding tert-OH is 1. The van der Waals surface area contributed by atoms with Gasteiger partial charge in [-0.05, 0) is 25.8 Å². The second kappa shape index (κ2) is 9.72. The molecule has 1 N–H and O–H groups in total. The summed E-state index contributed by atoms with van der Waals surface area (Å²) in [6.45, 7) is 12.4. The molecule has 0 saturated carbocycles. The summed E-state index contributed by atoms with van der Waals surface area (Å²) in [7, 11) is 0. The van der Waals surface area contributed by atoms with E-state index in [0.29, 0.717) is 25.8 Å². The number of hydrogen-bond donors (Lipinski definition) is 1. The molecule has 0 amide bonds. The number of rotatable bonds is 10. The average Bonchev–Trinajstić information content (AvgIpc) is 2.46. The van der Waals surface area contributed by atoms with E-state index in [2.05, 4.69) is 56.5 Å². The van der Waals surface area contributed by atoms with E-state index in [1.807, 2.05) is 0 Å². The first kappa shape index (κ1) is 17.9. The molecule has 0 radical (unpaired) electrons. The fourth-order valence-electron chi connectivity index (χ4n) is 2.31. The van der Waals surface area contributed by atoms with Gasteiger partial charge in [0.05, 0.1) is 19.3 Å². The van der Waals surface area contributed by atoms with Crippen LogP contribution in [0.5, 0.6) is 0 Å². The highest BCUT2D eigenvalue weighted by molar-refractivity contribution is 5.22. The van der Waals surface area contributed by atoms with Gasteiger partial charge in [0.1, 0.15) is 0 Å². The zero-order valence-corrected chi connectivity index (χ0v) is 13.6. The molecule has 118 valence electrons. The lowest BCUT2D eigenvalue weighted by Crippen LogP contribution is -2.39. The molecule has 1 aromatic carbocycles. The monoisotopic (exact) mass is 291 g/mol. The van der Waals surface area contributed by atoms with Gasteiger partial charge in [-0.2, -0.15) is 0 Å². The standard InChI is InChI=1S/C18H29NO2/c1-5-10-21-14-18(20)13-19(16(4)6-2)12-17-9-7-8-15(3)11-17/h5,7-9,11,16,18,20H,1,6,10,12-14H2,2-4H3/t16-,18+/m0/s1. The minimum atomic E-state index is -0.469. The van der Waals surface area contributed by atoms with Gasteiger partial charge in [0, 0.05) is 19.1 Å². The molecule has 0 aliphatic heterocycles. The molecule has 0 fully saturated rings. The van der Waals surface area contributed by atoms with Crippen molar-refractivity contribution in [2.24, 2.45) is 0 Å². The third-order valence-corrected chi connectivity index (χ3v) is 3.67. The Hall–Kier alpha value is -1.16. The molecule has 0 unspecified atom stereocenters. The summed E-state index contributed by atoms with van der Waals surface area (Å²) in [6.07, 6.45) is 2.29. The molecule has 0 aliphatic carbocycles. The second-order valence-electron chi connectivity index (χ2n) is 5.66. The first-order valence-electron chi connectivity index (χ1n) is 7.73. The van der Waals surface area contributed by atoms with E-state index >= 15 is 0 Å². The quantitative estimate of drug-likeness (QED) is 0.531. The summed E-state index contributed by atoms with van der Waals surface area (Å²) >= 11 is 0. The molecule has 2 atom stereocenters. The minimum absolute atomic E-state index is 0.354. The molecule has 21 heavy (non-hydrogen) atoms. The van der Waals surface area contributed by atoms with Crippen LogP contribution >= 0.6 is 0 Å². The van der Waals surface area contributed by atoms with E-state index in [-0.39, 0.29) is 0 Å². The van der Waals surface area contributed by atoms with Crippen LogP contribution in [-0.2, 0) is 11.3 Å². The maximum atomic E-state index is 10.1. The molecule has 3 heteroatoms. The van der Waals surface area contributed by atoms with Gasteiger partial charge in [0.2, 0.25) is 0 Å². The molecular weight excluding hydrogens is 262 g/mol. The summed E-state index contributed by atoms with van der Waals surface area (Å²) < 4.78 is 5.33. The fourth-order valence-corrected chi connectivity index (χ4v) is 2.31. The average molecular weight is 291 g/mol. The SMILES string of the molecule is C=CCOC[C@H](O)CN(Cc1cccc(C)c1)[C@@H](C)CC. The van der Waals surface area contributed by atoms with Crippen molar-refractivity contribution in [2.45, 2.75) is 45.9 Å². The molecule has 3 nitrogen and oxygen atoms in total. The van der Waals surface area contributed by atoms with Gasteiger partial charge in [-0.1, -0.05) is 42.8 Å². The van der Waals surface area contributed by atoms with E-state index in [0.717, 1.165) is 13.0 Å². The molecule has 0 saturated heterocycles. The van der Waals surface area contributed by atoms with Crippen molar-refractivity contribution < 1.29 is 9.84 Å². The van der Waals surface area contributed by atoms with Crippen molar-refractivity contribution in [2.75, 3.05) is 19.8 Å². The van der Waals surface area contributed by atoms with Gasteiger partial charge >= 0.3 is 0 Å². The van der Waals surface area contributed by atoms with Crippen LogP contribution in [0.2, 0.25) is 0 Å². The van der Waals surface area contributed by atoms with Crippen molar-refractivity contribution >= 4 is 0 Å². The van der Waals surface area contributed by atoms with Crippen molar-refractivity contribution in [1.82, 2.24) is 4.90 Å². The topological polar surface area (TPSA) is 32.7 Å². The zero-order valence-electron chi connectivity index (χ0n) is 13.6. The van der Waals surface area contributed by atoms with E-state index in [1.165, 1.54) is 11.1 Å². The van der Waals surface area contributed by atoms with Gasteiger partial charge in [0.25, 0.3) is 0 Å². The van der Waals surface area contributed by atoms with Crippen LogP contribution in [0.1, 0.15) is 31.4 Å². The maximum Gasteiger partial charge on any atom is 0.0900 e. The summed E-state index contributed by atoms with van der Waals surface area (Å²) in [5.74, 6) is 0. The maximum absolute atomic E-state index is 10.1. The Kier molecular flexibility index (Phi) is 8.28. The second-order valence-corrected chi connectivity index (χ2v) is 5.66. The third kappa shape index (κ3) is 6.89. The lowest BCUT2D eigenvalue weighted by atomic mass is 10.1. The molecule has 0 heterocycles. The highest BCUT2D eigenvalue weighted by atomic mass is 16.5. The first-order valence-corrected chi connectivity index (χ1v) is 7.73. The third-order valence-electron chi connectivity index (χ3n) is 3.67. The first-order chi connectivity index (χ1) is 10.1. The number of ether oxygens (including phenoxy) is 1. The summed E-state index contributed by atoms with van der Waals surface area (Å²) in [6, 6.07) is 8.97. The molecule has 0 aliphatic rings. The Morgan fingerprint density at radius 1 is 1.43 bits per heavy atom. The van der Waals surface area contributed by atoms with Crippen molar-refractivity contribution in [3.63, 3.8) is 0 Å². The number of aliphatic hydroxyl groups is 1. The lowest BCUT2D eigenvalue weighted by molar-refractivity contribution is 0.0157. The predicted octanol–water partition coefficient (Wildman–Crippen LogP) is 3.16. The van der Waals surface area contributed by atoms with Gasteiger partial charge in [-0.25, -0.2) is 0 Å².